The maximum absolute atomic E-state index is 11.3. The zero-order valence-electron chi connectivity index (χ0n) is 9.90. The van der Waals surface area contributed by atoms with E-state index in [0.29, 0.717) is 16.2 Å². The zero-order chi connectivity index (χ0) is 12.7. The fraction of sp³-hybridized carbons (Fsp3) is 0.500. The van der Waals surface area contributed by atoms with Gasteiger partial charge in [-0.2, -0.15) is 0 Å². The molecule has 2 aliphatic heterocycles. The standard InChI is InChI=1S/C12H15BrN4O/c13-11-9(12(14)18)3-8(4-16-11)17-6-7-1-2-15-5-10(7)17/h3-4,7,10,15H,1-2,5-6H2,(H2,14,18)/t7-,10-/m1/s1. The molecule has 0 aromatic carbocycles. The molecule has 1 aromatic heterocycles. The molecule has 2 atom stereocenters. The molecule has 0 spiro atoms. The number of anilines is 1. The van der Waals surface area contributed by atoms with Crippen LogP contribution in [0.1, 0.15) is 16.8 Å². The summed E-state index contributed by atoms with van der Waals surface area (Å²) in [7, 11) is 0. The van der Waals surface area contributed by atoms with Gasteiger partial charge in [-0.15, -0.1) is 0 Å². The van der Waals surface area contributed by atoms with Crippen LogP contribution in [0.5, 0.6) is 0 Å². The van der Waals surface area contributed by atoms with Crippen LogP contribution in [0.3, 0.4) is 0 Å². The van der Waals surface area contributed by atoms with Crippen molar-refractivity contribution in [3.63, 3.8) is 0 Å². The number of nitrogens with two attached hydrogens (primary N) is 1. The molecule has 2 saturated heterocycles. The molecule has 1 amide bonds. The summed E-state index contributed by atoms with van der Waals surface area (Å²) in [5, 5.41) is 3.40. The Labute approximate surface area is 114 Å². The number of amides is 1. The number of rotatable bonds is 2. The van der Waals surface area contributed by atoms with Crippen LogP contribution in [-0.2, 0) is 0 Å². The minimum atomic E-state index is -0.449. The molecule has 6 heteroatoms. The minimum absolute atomic E-state index is 0.444. The second-order valence-electron chi connectivity index (χ2n) is 4.87. The molecule has 2 aliphatic rings. The number of primary amides is 1. The fourth-order valence-electron chi connectivity index (χ4n) is 2.79. The molecule has 3 heterocycles. The summed E-state index contributed by atoms with van der Waals surface area (Å²) >= 11 is 3.25. The zero-order valence-corrected chi connectivity index (χ0v) is 11.5. The highest BCUT2D eigenvalue weighted by atomic mass is 79.9. The first-order valence-electron chi connectivity index (χ1n) is 6.09. The van der Waals surface area contributed by atoms with E-state index in [2.05, 4.69) is 31.1 Å². The van der Waals surface area contributed by atoms with Gasteiger partial charge in [0.25, 0.3) is 5.91 Å². The van der Waals surface area contributed by atoms with E-state index in [1.165, 1.54) is 6.42 Å². The van der Waals surface area contributed by atoms with Crippen LogP contribution in [-0.4, -0.2) is 36.6 Å². The highest BCUT2D eigenvalue weighted by Crippen LogP contribution is 2.35. The quantitative estimate of drug-likeness (QED) is 0.791. The van der Waals surface area contributed by atoms with Crippen molar-refractivity contribution < 1.29 is 4.79 Å². The molecule has 3 rings (SSSR count). The Morgan fingerprint density at radius 2 is 2.44 bits per heavy atom. The summed E-state index contributed by atoms with van der Waals surface area (Å²) in [4.78, 5) is 17.8. The molecular weight excluding hydrogens is 296 g/mol. The molecule has 0 bridgehead atoms. The van der Waals surface area contributed by atoms with Crippen molar-refractivity contribution in [2.24, 2.45) is 11.7 Å². The van der Waals surface area contributed by atoms with Gasteiger partial charge in [-0.3, -0.25) is 4.79 Å². The van der Waals surface area contributed by atoms with E-state index in [4.69, 9.17) is 5.73 Å². The van der Waals surface area contributed by atoms with E-state index < -0.39 is 5.91 Å². The maximum atomic E-state index is 11.3. The predicted octanol–water partition coefficient (Wildman–Crippen LogP) is 0.741. The molecule has 2 fully saturated rings. The third kappa shape index (κ3) is 1.89. The molecule has 96 valence electrons. The summed E-state index contributed by atoms with van der Waals surface area (Å²) in [6.07, 6.45) is 3.02. The Morgan fingerprint density at radius 3 is 3.17 bits per heavy atom. The Hall–Kier alpha value is -1.14. The topological polar surface area (TPSA) is 71.2 Å². The molecule has 1 aromatic rings. The largest absolute Gasteiger partial charge is 0.366 e. The predicted molar refractivity (Wildman–Crippen MR) is 72.6 cm³/mol. The van der Waals surface area contributed by atoms with Crippen LogP contribution in [0, 0.1) is 5.92 Å². The minimum Gasteiger partial charge on any atom is -0.366 e. The number of nitrogens with one attached hydrogen (secondary N) is 1. The van der Waals surface area contributed by atoms with Gasteiger partial charge in [0.05, 0.1) is 17.4 Å². The van der Waals surface area contributed by atoms with Crippen molar-refractivity contribution in [3.05, 3.63) is 22.4 Å². The first-order valence-corrected chi connectivity index (χ1v) is 6.89. The Morgan fingerprint density at radius 1 is 1.61 bits per heavy atom. The number of carbonyl (C=O) groups excluding carboxylic acids is 1. The number of hydrogen-bond acceptors (Lipinski definition) is 4. The van der Waals surface area contributed by atoms with Gasteiger partial charge in [-0.25, -0.2) is 4.98 Å². The summed E-state index contributed by atoms with van der Waals surface area (Å²) in [6.45, 7) is 3.17. The number of carbonyl (C=O) groups is 1. The number of fused-ring (bicyclic) bond motifs is 1. The van der Waals surface area contributed by atoms with Crippen molar-refractivity contribution >= 4 is 27.5 Å². The van der Waals surface area contributed by atoms with Crippen molar-refractivity contribution in [2.45, 2.75) is 12.5 Å². The van der Waals surface area contributed by atoms with E-state index in [-0.39, 0.29) is 0 Å². The van der Waals surface area contributed by atoms with Crippen molar-refractivity contribution in [1.82, 2.24) is 10.3 Å². The average molecular weight is 311 g/mol. The Kier molecular flexibility index (Phi) is 2.99. The highest BCUT2D eigenvalue weighted by molar-refractivity contribution is 9.10. The number of hydrogen-bond donors (Lipinski definition) is 2. The van der Waals surface area contributed by atoms with Crippen LogP contribution in [0.2, 0.25) is 0 Å². The second kappa shape index (κ2) is 4.51. The number of aromatic nitrogens is 1. The van der Waals surface area contributed by atoms with Crippen LogP contribution in [0.25, 0.3) is 0 Å². The summed E-state index contributed by atoms with van der Waals surface area (Å²) in [6, 6.07) is 2.35. The van der Waals surface area contributed by atoms with Gasteiger partial charge in [0.15, 0.2) is 0 Å². The van der Waals surface area contributed by atoms with Gasteiger partial charge in [-0.1, -0.05) is 0 Å². The van der Waals surface area contributed by atoms with E-state index in [9.17, 15) is 4.79 Å². The Bertz CT molecular complexity index is 493. The molecule has 0 aliphatic carbocycles. The first kappa shape index (κ1) is 11.9. The normalized spacial score (nSPS) is 26.4. The van der Waals surface area contributed by atoms with Gasteiger partial charge in [0.2, 0.25) is 0 Å². The second-order valence-corrected chi connectivity index (χ2v) is 5.62. The van der Waals surface area contributed by atoms with Crippen LogP contribution >= 0.6 is 15.9 Å². The lowest BCUT2D eigenvalue weighted by Gasteiger charge is -2.52. The lowest BCUT2D eigenvalue weighted by Crippen LogP contribution is -2.63. The summed E-state index contributed by atoms with van der Waals surface area (Å²) in [5.74, 6) is 0.321. The molecule has 3 N–H and O–H groups in total. The van der Waals surface area contributed by atoms with E-state index in [0.717, 1.165) is 31.2 Å². The first-order chi connectivity index (χ1) is 8.66. The van der Waals surface area contributed by atoms with Crippen LogP contribution < -0.4 is 16.0 Å². The average Bonchev–Trinajstić information content (AvgIpc) is 2.32. The van der Waals surface area contributed by atoms with Gasteiger partial charge in [0, 0.05) is 19.1 Å². The fourth-order valence-corrected chi connectivity index (χ4v) is 3.20. The number of nitrogens with zero attached hydrogens (tertiary/aromatic N) is 2. The van der Waals surface area contributed by atoms with Crippen LogP contribution in [0.4, 0.5) is 5.69 Å². The highest BCUT2D eigenvalue weighted by Gasteiger charge is 2.40. The Balaban J connectivity index is 1.85. The molecule has 18 heavy (non-hydrogen) atoms. The summed E-state index contributed by atoms with van der Waals surface area (Å²) < 4.78 is 0.512. The summed E-state index contributed by atoms with van der Waals surface area (Å²) in [5.41, 5.74) is 6.76. The number of halogens is 1. The molecule has 0 saturated carbocycles. The smallest absolute Gasteiger partial charge is 0.251 e. The van der Waals surface area contributed by atoms with Crippen LogP contribution in [0.15, 0.2) is 16.9 Å². The van der Waals surface area contributed by atoms with Crippen molar-refractivity contribution in [3.8, 4) is 0 Å². The third-order valence-electron chi connectivity index (χ3n) is 3.84. The molecular formula is C12H15BrN4O. The lowest BCUT2D eigenvalue weighted by atomic mass is 9.83. The monoisotopic (exact) mass is 310 g/mol. The van der Waals surface area contributed by atoms with Crippen molar-refractivity contribution in [1.29, 1.82) is 0 Å². The van der Waals surface area contributed by atoms with Crippen molar-refractivity contribution in [2.75, 3.05) is 24.5 Å². The number of pyridine rings is 1. The maximum Gasteiger partial charge on any atom is 0.251 e. The molecule has 0 unspecified atom stereocenters. The van der Waals surface area contributed by atoms with E-state index >= 15 is 0 Å². The van der Waals surface area contributed by atoms with Gasteiger partial charge >= 0.3 is 0 Å². The van der Waals surface area contributed by atoms with Gasteiger partial charge < -0.3 is 16.0 Å². The third-order valence-corrected chi connectivity index (χ3v) is 4.47. The number of piperidine rings is 1. The van der Waals surface area contributed by atoms with E-state index in [1.807, 2.05) is 6.07 Å². The SMILES string of the molecule is NC(=O)c1cc(N2C[C@H]3CCNC[C@H]32)cnc1Br. The lowest BCUT2D eigenvalue weighted by molar-refractivity contribution is 0.0999. The van der Waals surface area contributed by atoms with Gasteiger partial charge in [-0.05, 0) is 40.9 Å². The van der Waals surface area contributed by atoms with Gasteiger partial charge in [0.1, 0.15) is 4.60 Å². The van der Waals surface area contributed by atoms with E-state index in [1.54, 1.807) is 6.20 Å². The molecule has 0 radical (unpaired) electrons. The molecule has 5 nitrogen and oxygen atoms in total.